The van der Waals surface area contributed by atoms with Gasteiger partial charge in [-0.15, -0.1) is 0 Å². The number of benzene rings is 1. The van der Waals surface area contributed by atoms with Gasteiger partial charge in [0.25, 0.3) is 0 Å². The van der Waals surface area contributed by atoms with E-state index in [1.54, 1.807) is 0 Å². The van der Waals surface area contributed by atoms with Crippen LogP contribution in [-0.2, 0) is 4.74 Å². The molecule has 0 amide bonds. The van der Waals surface area contributed by atoms with Crippen LogP contribution in [-0.4, -0.2) is 23.4 Å². The summed E-state index contributed by atoms with van der Waals surface area (Å²) < 4.78 is 5.43. The second-order valence-electron chi connectivity index (χ2n) is 3.88. The molecule has 0 spiro atoms. The summed E-state index contributed by atoms with van der Waals surface area (Å²) in [6, 6.07) is 10.2. The zero-order valence-corrected chi connectivity index (χ0v) is 7.26. The van der Waals surface area contributed by atoms with E-state index in [1.807, 2.05) is 18.2 Å². The third kappa shape index (κ3) is 1.10. The van der Waals surface area contributed by atoms with E-state index in [2.05, 4.69) is 12.1 Å². The Kier molecular flexibility index (Phi) is 1.49. The Hall–Kier alpha value is -0.860. The Bertz CT molecular complexity index is 307. The minimum atomic E-state index is -0.203. The summed E-state index contributed by atoms with van der Waals surface area (Å²) in [6.45, 7) is 0. The topological polar surface area (TPSA) is 32.8 Å². The maximum atomic E-state index is 9.76. The van der Waals surface area contributed by atoms with Crippen molar-refractivity contribution in [2.24, 2.45) is 0 Å². The molecule has 1 N–H and O–H groups in total. The molecule has 2 nitrogen and oxygen atoms in total. The molecule has 0 radical (unpaired) electrons. The Balaban J connectivity index is 1.92. The lowest BCUT2D eigenvalue weighted by Crippen LogP contribution is -2.17. The van der Waals surface area contributed by atoms with E-state index < -0.39 is 0 Å². The van der Waals surface area contributed by atoms with E-state index in [4.69, 9.17) is 4.74 Å². The van der Waals surface area contributed by atoms with Crippen molar-refractivity contribution in [3.05, 3.63) is 35.9 Å². The highest BCUT2D eigenvalue weighted by molar-refractivity contribution is 5.27. The normalized spacial score (nSPS) is 41.6. The standard InChI is InChI=1S/C11H12O2/c12-8-6-9-11(13-9)10(8)7-4-2-1-3-5-7/h1-5,8-12H,6H2/t8-,9-,10+,11-/m0/s1. The fourth-order valence-electron chi connectivity index (χ4n) is 2.35. The lowest BCUT2D eigenvalue weighted by molar-refractivity contribution is 0.107. The van der Waals surface area contributed by atoms with Gasteiger partial charge in [0, 0.05) is 12.3 Å². The van der Waals surface area contributed by atoms with Crippen LogP contribution in [0.5, 0.6) is 0 Å². The molecule has 1 aliphatic carbocycles. The van der Waals surface area contributed by atoms with Gasteiger partial charge in [0.05, 0.1) is 18.3 Å². The first kappa shape index (κ1) is 7.54. The molecule has 0 aromatic heterocycles. The van der Waals surface area contributed by atoms with Gasteiger partial charge in [-0.3, -0.25) is 0 Å². The third-order valence-electron chi connectivity index (χ3n) is 3.05. The van der Waals surface area contributed by atoms with Crippen molar-refractivity contribution in [2.75, 3.05) is 0 Å². The van der Waals surface area contributed by atoms with E-state index >= 15 is 0 Å². The van der Waals surface area contributed by atoms with Gasteiger partial charge in [-0.1, -0.05) is 30.3 Å². The molecular formula is C11H12O2. The minimum Gasteiger partial charge on any atom is -0.392 e. The second kappa shape index (κ2) is 2.56. The van der Waals surface area contributed by atoms with Crippen molar-refractivity contribution < 1.29 is 9.84 Å². The van der Waals surface area contributed by atoms with Crippen LogP contribution in [0, 0.1) is 0 Å². The molecule has 1 aromatic carbocycles. The number of ether oxygens (including phenoxy) is 1. The van der Waals surface area contributed by atoms with Gasteiger partial charge in [0.15, 0.2) is 0 Å². The van der Waals surface area contributed by atoms with E-state index in [9.17, 15) is 5.11 Å². The predicted molar refractivity (Wildman–Crippen MR) is 48.5 cm³/mol. The van der Waals surface area contributed by atoms with E-state index in [-0.39, 0.29) is 18.1 Å². The van der Waals surface area contributed by atoms with E-state index in [1.165, 1.54) is 5.56 Å². The van der Waals surface area contributed by atoms with Crippen LogP contribution in [0.15, 0.2) is 30.3 Å². The first-order chi connectivity index (χ1) is 6.36. The molecule has 1 heterocycles. The van der Waals surface area contributed by atoms with E-state index in [0.717, 1.165) is 6.42 Å². The summed E-state index contributed by atoms with van der Waals surface area (Å²) in [7, 11) is 0. The first-order valence-corrected chi connectivity index (χ1v) is 4.75. The molecule has 68 valence electrons. The number of hydrogen-bond acceptors (Lipinski definition) is 2. The molecule has 1 aromatic rings. The first-order valence-electron chi connectivity index (χ1n) is 4.75. The van der Waals surface area contributed by atoms with Crippen LogP contribution in [0.2, 0.25) is 0 Å². The molecule has 2 aliphatic rings. The van der Waals surface area contributed by atoms with Gasteiger partial charge in [0.1, 0.15) is 0 Å². The van der Waals surface area contributed by atoms with Crippen LogP contribution in [0.3, 0.4) is 0 Å². The summed E-state index contributed by atoms with van der Waals surface area (Å²) in [5, 5.41) is 9.76. The van der Waals surface area contributed by atoms with Crippen molar-refractivity contribution in [1.29, 1.82) is 0 Å². The summed E-state index contributed by atoms with van der Waals surface area (Å²) in [4.78, 5) is 0. The second-order valence-corrected chi connectivity index (χ2v) is 3.88. The largest absolute Gasteiger partial charge is 0.392 e. The molecule has 0 unspecified atom stereocenters. The average molecular weight is 176 g/mol. The maximum absolute atomic E-state index is 9.76. The Morgan fingerprint density at radius 3 is 2.62 bits per heavy atom. The van der Waals surface area contributed by atoms with Crippen molar-refractivity contribution in [1.82, 2.24) is 0 Å². The quantitative estimate of drug-likeness (QED) is 0.654. The zero-order chi connectivity index (χ0) is 8.84. The maximum Gasteiger partial charge on any atom is 0.0936 e. The van der Waals surface area contributed by atoms with Crippen LogP contribution in [0.4, 0.5) is 0 Å². The molecule has 1 saturated heterocycles. The number of epoxide rings is 1. The summed E-state index contributed by atoms with van der Waals surface area (Å²) in [6.07, 6.45) is 1.23. The number of hydrogen-bond donors (Lipinski definition) is 1. The molecule has 3 rings (SSSR count). The molecule has 1 saturated carbocycles. The number of aliphatic hydroxyl groups excluding tert-OH is 1. The molecule has 0 bridgehead atoms. The van der Waals surface area contributed by atoms with Crippen molar-refractivity contribution >= 4 is 0 Å². The third-order valence-corrected chi connectivity index (χ3v) is 3.05. The smallest absolute Gasteiger partial charge is 0.0936 e. The number of aliphatic hydroxyl groups is 1. The Morgan fingerprint density at radius 1 is 1.23 bits per heavy atom. The Morgan fingerprint density at radius 2 is 2.00 bits per heavy atom. The average Bonchev–Trinajstić information content (AvgIpc) is 2.80. The predicted octanol–water partition coefficient (Wildman–Crippen LogP) is 1.30. The van der Waals surface area contributed by atoms with Gasteiger partial charge in [-0.2, -0.15) is 0 Å². The van der Waals surface area contributed by atoms with Crippen LogP contribution in [0.25, 0.3) is 0 Å². The van der Waals surface area contributed by atoms with Gasteiger partial charge in [-0.05, 0) is 5.56 Å². The zero-order valence-electron chi connectivity index (χ0n) is 7.26. The lowest BCUT2D eigenvalue weighted by Gasteiger charge is -2.16. The van der Waals surface area contributed by atoms with Gasteiger partial charge >= 0.3 is 0 Å². The fourth-order valence-corrected chi connectivity index (χ4v) is 2.35. The van der Waals surface area contributed by atoms with Crippen LogP contribution in [0.1, 0.15) is 17.9 Å². The van der Waals surface area contributed by atoms with Crippen molar-refractivity contribution in [3.8, 4) is 0 Å². The van der Waals surface area contributed by atoms with Gasteiger partial charge in [0.2, 0.25) is 0 Å². The van der Waals surface area contributed by atoms with Gasteiger partial charge in [-0.25, -0.2) is 0 Å². The van der Waals surface area contributed by atoms with Crippen molar-refractivity contribution in [2.45, 2.75) is 30.7 Å². The molecule has 4 atom stereocenters. The molecule has 2 fully saturated rings. The minimum absolute atomic E-state index is 0.203. The monoisotopic (exact) mass is 176 g/mol. The summed E-state index contributed by atoms with van der Waals surface area (Å²) in [5.74, 6) is 0.214. The van der Waals surface area contributed by atoms with E-state index in [0.29, 0.717) is 6.10 Å². The molecule has 1 aliphatic heterocycles. The van der Waals surface area contributed by atoms with Crippen LogP contribution >= 0.6 is 0 Å². The highest BCUT2D eigenvalue weighted by atomic mass is 16.6. The number of rotatable bonds is 1. The fraction of sp³-hybridized carbons (Fsp3) is 0.455. The molecule has 2 heteroatoms. The lowest BCUT2D eigenvalue weighted by atomic mass is 9.95. The van der Waals surface area contributed by atoms with Crippen LogP contribution < -0.4 is 0 Å². The number of fused-ring (bicyclic) bond motifs is 1. The summed E-state index contributed by atoms with van der Waals surface area (Å²) >= 11 is 0. The van der Waals surface area contributed by atoms with Crippen molar-refractivity contribution in [3.63, 3.8) is 0 Å². The highest BCUT2D eigenvalue weighted by Gasteiger charge is 2.55. The Labute approximate surface area is 77.2 Å². The summed E-state index contributed by atoms with van der Waals surface area (Å²) in [5.41, 5.74) is 1.21. The molecule has 13 heavy (non-hydrogen) atoms. The molecular weight excluding hydrogens is 164 g/mol. The SMILES string of the molecule is O[C@H]1C[C@@H]2O[C@@H]2[C@@H]1c1ccccc1. The highest BCUT2D eigenvalue weighted by Crippen LogP contribution is 2.48. The van der Waals surface area contributed by atoms with Gasteiger partial charge < -0.3 is 9.84 Å².